The Bertz CT molecular complexity index is 535. The smallest absolute Gasteiger partial charge is 0.306 e. The van der Waals surface area contributed by atoms with Crippen LogP contribution in [-0.2, 0) is 32.7 Å². The second kappa shape index (κ2) is 15.8. The molecule has 0 aliphatic carbocycles. The molecule has 0 aromatic carbocycles. The Morgan fingerprint density at radius 3 is 2.00 bits per heavy atom. The van der Waals surface area contributed by atoms with Gasteiger partial charge in [0.2, 0.25) is 0 Å². The summed E-state index contributed by atoms with van der Waals surface area (Å²) in [4.78, 5) is 35.8. The molecule has 0 spiro atoms. The fraction of sp³-hybridized carbons (Fsp3) is 0.900. The highest BCUT2D eigenvalue weighted by molar-refractivity contribution is 7.45. The number of hydrogen-bond donors (Lipinski definition) is 0. The number of ether oxygens (including phenoxy) is 2. The van der Waals surface area contributed by atoms with E-state index in [0.717, 1.165) is 25.7 Å². The van der Waals surface area contributed by atoms with Gasteiger partial charge in [-0.1, -0.05) is 39.5 Å². The van der Waals surface area contributed by atoms with Crippen LogP contribution in [0.15, 0.2) is 0 Å². The summed E-state index contributed by atoms with van der Waals surface area (Å²) in [5.74, 6) is -0.897. The molecule has 0 saturated carbocycles. The topological polar surface area (TPSA) is 111 Å². The maximum atomic E-state index is 12.0. The summed E-state index contributed by atoms with van der Waals surface area (Å²) in [6, 6.07) is 0. The minimum absolute atomic E-state index is 0.0296. The van der Waals surface area contributed by atoms with Gasteiger partial charge in [0.1, 0.15) is 19.8 Å². The first-order chi connectivity index (χ1) is 14.0. The Hall–Kier alpha value is -0.990. The molecular weight excluding hydrogens is 413 g/mol. The third-order valence-electron chi connectivity index (χ3n) is 4.13. The summed E-state index contributed by atoms with van der Waals surface area (Å²) >= 11 is 0. The Morgan fingerprint density at radius 1 is 0.900 bits per heavy atom. The monoisotopic (exact) mass is 453 g/mol. The maximum absolute atomic E-state index is 12.0. The molecule has 0 aliphatic heterocycles. The third-order valence-corrected chi connectivity index (χ3v) is 5.09. The van der Waals surface area contributed by atoms with Gasteiger partial charge in [-0.2, -0.15) is 0 Å². The van der Waals surface area contributed by atoms with Gasteiger partial charge in [0.25, 0.3) is 7.82 Å². The quantitative estimate of drug-likeness (QED) is 0.135. The summed E-state index contributed by atoms with van der Waals surface area (Å²) in [6.07, 6.45) is 4.58. The molecule has 0 aromatic rings. The van der Waals surface area contributed by atoms with Crippen LogP contribution in [0, 0.1) is 0 Å². The van der Waals surface area contributed by atoms with Crippen molar-refractivity contribution in [1.82, 2.24) is 0 Å². The predicted molar refractivity (Wildman–Crippen MR) is 112 cm³/mol. The second-order valence-electron chi connectivity index (χ2n) is 8.30. The molecular formula is C20H40NO8P. The number of phosphoric ester groups is 1. The lowest BCUT2D eigenvalue weighted by atomic mass is 10.2. The van der Waals surface area contributed by atoms with E-state index in [9.17, 15) is 19.0 Å². The first kappa shape index (κ1) is 29.0. The molecule has 0 N–H and O–H groups in total. The van der Waals surface area contributed by atoms with Crippen LogP contribution in [0.5, 0.6) is 0 Å². The van der Waals surface area contributed by atoms with E-state index in [1.54, 1.807) is 0 Å². The van der Waals surface area contributed by atoms with E-state index in [1.165, 1.54) is 0 Å². The van der Waals surface area contributed by atoms with Gasteiger partial charge in [-0.25, -0.2) is 0 Å². The number of rotatable bonds is 18. The van der Waals surface area contributed by atoms with Crippen molar-refractivity contribution in [3.05, 3.63) is 0 Å². The van der Waals surface area contributed by atoms with E-state index in [4.69, 9.17) is 18.5 Å². The van der Waals surface area contributed by atoms with Crippen molar-refractivity contribution >= 4 is 19.8 Å². The predicted octanol–water partition coefficient (Wildman–Crippen LogP) is 2.81. The molecule has 178 valence electrons. The van der Waals surface area contributed by atoms with E-state index in [0.29, 0.717) is 23.9 Å². The molecule has 0 aliphatic rings. The number of phosphoric acid groups is 1. The number of nitrogens with zero attached hydrogens (tertiary/aromatic N) is 1. The molecule has 10 heteroatoms. The zero-order valence-electron chi connectivity index (χ0n) is 19.2. The van der Waals surface area contributed by atoms with Gasteiger partial charge in [-0.3, -0.25) is 14.2 Å². The Labute approximate surface area is 181 Å². The third kappa shape index (κ3) is 17.8. The number of carbonyl (C=O) groups is 2. The van der Waals surface area contributed by atoms with E-state index >= 15 is 0 Å². The lowest BCUT2D eigenvalue weighted by Crippen LogP contribution is -2.37. The number of unbranched alkanes of at least 4 members (excludes halogenated alkanes) is 4. The van der Waals surface area contributed by atoms with Crippen molar-refractivity contribution in [2.45, 2.75) is 71.3 Å². The maximum Gasteiger partial charge on any atom is 0.306 e. The number of quaternary nitrogens is 1. The van der Waals surface area contributed by atoms with Crippen LogP contribution in [0.4, 0.5) is 0 Å². The zero-order chi connectivity index (χ0) is 23.0. The second-order valence-corrected chi connectivity index (χ2v) is 9.71. The molecule has 0 heterocycles. The van der Waals surface area contributed by atoms with Crippen LogP contribution >= 0.6 is 7.82 Å². The molecule has 0 saturated heterocycles. The van der Waals surface area contributed by atoms with Crippen molar-refractivity contribution < 1.29 is 42.1 Å². The normalized spacial score (nSPS) is 14.7. The van der Waals surface area contributed by atoms with Gasteiger partial charge in [0.15, 0.2) is 6.10 Å². The highest BCUT2D eigenvalue weighted by Crippen LogP contribution is 2.38. The summed E-state index contributed by atoms with van der Waals surface area (Å²) in [5.41, 5.74) is 0. The summed E-state index contributed by atoms with van der Waals surface area (Å²) in [5, 5.41) is 0. The van der Waals surface area contributed by atoms with Crippen molar-refractivity contribution in [3.8, 4) is 0 Å². The fourth-order valence-electron chi connectivity index (χ4n) is 2.30. The molecule has 0 amide bonds. The molecule has 0 aromatic heterocycles. The van der Waals surface area contributed by atoms with Gasteiger partial charge in [-0.05, 0) is 12.8 Å². The van der Waals surface area contributed by atoms with E-state index in [-0.39, 0.29) is 26.1 Å². The summed E-state index contributed by atoms with van der Waals surface area (Å²) in [6.45, 7) is 3.76. The molecule has 0 rings (SSSR count). The Morgan fingerprint density at radius 2 is 1.47 bits per heavy atom. The minimum atomic E-state index is -4.56. The van der Waals surface area contributed by atoms with Crippen LogP contribution in [0.2, 0.25) is 0 Å². The molecule has 2 atom stereocenters. The number of likely N-dealkylation sites (N-methyl/N-ethyl adjacent to an activating group) is 1. The van der Waals surface area contributed by atoms with Crippen molar-refractivity contribution in [2.75, 3.05) is 47.5 Å². The highest BCUT2D eigenvalue weighted by atomic mass is 31.2. The summed E-state index contributed by atoms with van der Waals surface area (Å²) in [7, 11) is 1.15. The standard InChI is InChI=1S/C20H40NO8P/c1-6-8-10-12-19(22)26-16-18(29-20(23)13-11-9-7-2)17-28-30(24,25)27-15-14-21(3,4)5/h18H,6-17H2,1-5H3/t18-/m0/s1. The number of carbonyl (C=O) groups excluding carboxylic acids is 2. The number of esters is 2. The molecule has 0 radical (unpaired) electrons. The molecule has 0 fully saturated rings. The Balaban J connectivity index is 4.63. The largest absolute Gasteiger partial charge is 0.756 e. The van der Waals surface area contributed by atoms with Crippen molar-refractivity contribution in [2.24, 2.45) is 0 Å². The number of hydrogen-bond acceptors (Lipinski definition) is 8. The zero-order valence-corrected chi connectivity index (χ0v) is 20.1. The van der Waals surface area contributed by atoms with Gasteiger partial charge >= 0.3 is 11.9 Å². The first-order valence-electron chi connectivity index (χ1n) is 10.7. The van der Waals surface area contributed by atoms with E-state index in [1.807, 2.05) is 35.0 Å². The van der Waals surface area contributed by atoms with Gasteiger partial charge < -0.3 is 27.9 Å². The van der Waals surface area contributed by atoms with Crippen LogP contribution in [0.25, 0.3) is 0 Å². The SMILES string of the molecule is CCCCCC(=O)OC[C@@H](COP(=O)([O-])OCC[N+](C)(C)C)OC(=O)CCCCC. The van der Waals surface area contributed by atoms with Crippen LogP contribution < -0.4 is 4.89 Å². The molecule has 0 bridgehead atoms. The van der Waals surface area contributed by atoms with Gasteiger partial charge in [0, 0.05) is 12.8 Å². The lowest BCUT2D eigenvalue weighted by Gasteiger charge is -2.28. The minimum Gasteiger partial charge on any atom is -0.756 e. The Kier molecular flexibility index (Phi) is 15.2. The van der Waals surface area contributed by atoms with E-state index < -0.39 is 32.5 Å². The van der Waals surface area contributed by atoms with Gasteiger partial charge in [0.05, 0.1) is 27.7 Å². The van der Waals surface area contributed by atoms with Crippen molar-refractivity contribution in [3.63, 3.8) is 0 Å². The fourth-order valence-corrected chi connectivity index (χ4v) is 3.02. The average Bonchev–Trinajstić information content (AvgIpc) is 2.63. The molecule has 1 unspecified atom stereocenters. The lowest BCUT2D eigenvalue weighted by molar-refractivity contribution is -0.870. The first-order valence-corrected chi connectivity index (χ1v) is 12.2. The highest BCUT2D eigenvalue weighted by Gasteiger charge is 2.21. The average molecular weight is 454 g/mol. The van der Waals surface area contributed by atoms with Gasteiger partial charge in [-0.15, -0.1) is 0 Å². The van der Waals surface area contributed by atoms with Crippen molar-refractivity contribution in [1.29, 1.82) is 0 Å². The summed E-state index contributed by atoms with van der Waals surface area (Å²) < 4.78 is 32.6. The van der Waals surface area contributed by atoms with Crippen LogP contribution in [0.1, 0.15) is 65.2 Å². The van der Waals surface area contributed by atoms with E-state index in [2.05, 4.69) is 0 Å². The molecule has 9 nitrogen and oxygen atoms in total. The van der Waals surface area contributed by atoms with Crippen LogP contribution in [-0.4, -0.2) is 70.0 Å². The van der Waals surface area contributed by atoms with Crippen LogP contribution in [0.3, 0.4) is 0 Å². The molecule has 30 heavy (non-hydrogen) atoms.